The molecule has 0 spiro atoms. The number of carbonyl (C=O) groups is 2. The van der Waals surface area contributed by atoms with Crippen LogP contribution in [0.25, 0.3) is 0 Å². The van der Waals surface area contributed by atoms with Crippen LogP contribution in [0.2, 0.25) is 10.0 Å². The van der Waals surface area contributed by atoms with Gasteiger partial charge in [-0.25, -0.2) is 8.42 Å². The molecule has 4 aromatic carbocycles. The Balaban J connectivity index is 1.73. The summed E-state index contributed by atoms with van der Waals surface area (Å²) in [7, 11) is -4.23. The minimum absolute atomic E-state index is 0.0251. The highest BCUT2D eigenvalue weighted by Crippen LogP contribution is 2.29. The van der Waals surface area contributed by atoms with Crippen LogP contribution in [0.4, 0.5) is 5.69 Å². The molecule has 0 heterocycles. The normalized spacial score (nSPS) is 11.9. The number of nitrogens with zero attached hydrogens (tertiary/aromatic N) is 2. The highest BCUT2D eigenvalue weighted by molar-refractivity contribution is 7.92. The van der Waals surface area contributed by atoms with Crippen LogP contribution in [0, 0.1) is 6.92 Å². The molecular weight excluding hydrogens is 657 g/mol. The summed E-state index contributed by atoms with van der Waals surface area (Å²) in [4.78, 5) is 29.2. The van der Waals surface area contributed by atoms with E-state index in [0.717, 1.165) is 22.7 Å². The van der Waals surface area contributed by atoms with Crippen LogP contribution in [0.5, 0.6) is 11.5 Å². The summed E-state index contributed by atoms with van der Waals surface area (Å²) in [5, 5.41) is 3.67. The molecule has 4 aromatic rings. The second-order valence-electron chi connectivity index (χ2n) is 11.1. The van der Waals surface area contributed by atoms with Crippen molar-refractivity contribution in [3.8, 4) is 11.5 Å². The molecule has 248 valence electrons. The van der Waals surface area contributed by atoms with Gasteiger partial charge in [0.2, 0.25) is 11.8 Å². The number of carbonyl (C=O) groups excluding carboxylic acids is 2. The second-order valence-corrected chi connectivity index (χ2v) is 13.8. The fourth-order valence-corrected chi connectivity index (χ4v) is 6.81. The van der Waals surface area contributed by atoms with E-state index in [1.54, 1.807) is 61.5 Å². The van der Waals surface area contributed by atoms with E-state index in [0.29, 0.717) is 40.1 Å². The molecule has 0 aliphatic rings. The van der Waals surface area contributed by atoms with E-state index < -0.39 is 28.5 Å². The van der Waals surface area contributed by atoms with E-state index in [2.05, 4.69) is 5.32 Å². The third kappa shape index (κ3) is 9.50. The monoisotopic (exact) mass is 695 g/mol. The van der Waals surface area contributed by atoms with Crippen molar-refractivity contribution in [2.24, 2.45) is 0 Å². The summed E-state index contributed by atoms with van der Waals surface area (Å²) < 4.78 is 35.3. The van der Waals surface area contributed by atoms with Crippen molar-refractivity contribution < 1.29 is 22.7 Å². The Kier molecular flexibility index (Phi) is 12.7. The van der Waals surface area contributed by atoms with Crippen LogP contribution in [0.1, 0.15) is 44.2 Å². The number of unbranched alkanes of at least 4 members (excludes halogenated alkanes) is 1. The first kappa shape index (κ1) is 35.8. The zero-order valence-corrected chi connectivity index (χ0v) is 29.0. The van der Waals surface area contributed by atoms with Crippen LogP contribution < -0.4 is 14.4 Å². The lowest BCUT2D eigenvalue weighted by molar-refractivity contribution is -0.140. The van der Waals surface area contributed by atoms with Gasteiger partial charge in [0.25, 0.3) is 10.0 Å². The Morgan fingerprint density at radius 3 is 2.15 bits per heavy atom. The molecule has 0 aliphatic heterocycles. The molecule has 4 rings (SSSR count). The van der Waals surface area contributed by atoms with Gasteiger partial charge in [0, 0.05) is 23.1 Å². The maximum absolute atomic E-state index is 14.3. The zero-order chi connectivity index (χ0) is 34.0. The van der Waals surface area contributed by atoms with Gasteiger partial charge in [0.15, 0.2) is 0 Å². The number of sulfonamides is 1. The molecule has 1 N–H and O–H groups in total. The summed E-state index contributed by atoms with van der Waals surface area (Å²) in [5.74, 6) is 0.218. The fraction of sp³-hybridized carbons (Fsp3) is 0.278. The van der Waals surface area contributed by atoms with Crippen molar-refractivity contribution >= 4 is 50.7 Å². The molecule has 11 heteroatoms. The smallest absolute Gasteiger partial charge is 0.264 e. The van der Waals surface area contributed by atoms with Crippen LogP contribution in [0.15, 0.2) is 102 Å². The standard InChI is InChI=1S/C36H39Cl2N3O5S/c1-4-6-22-39-36(43)34(5-2)40(24-27-14-15-28(37)23-33(27)38)35(42)25-41(47(44,45)32-20-12-26(3)13-21-32)29-16-18-31(19-17-29)46-30-10-8-7-9-11-30/h7-21,23,34H,4-6,22,24-25H2,1-3H3,(H,39,43)/t34-/m1/s1. The number of amides is 2. The summed E-state index contributed by atoms with van der Waals surface area (Å²) in [5.41, 5.74) is 1.71. The predicted octanol–water partition coefficient (Wildman–Crippen LogP) is 8.01. The number of nitrogens with one attached hydrogen (secondary N) is 1. The summed E-state index contributed by atoms with van der Waals surface area (Å²) in [6.45, 7) is 5.54. The highest BCUT2D eigenvalue weighted by Gasteiger charge is 2.34. The summed E-state index contributed by atoms with van der Waals surface area (Å²) in [6.07, 6.45) is 1.97. The molecule has 47 heavy (non-hydrogen) atoms. The van der Waals surface area contributed by atoms with E-state index in [1.165, 1.54) is 17.0 Å². The van der Waals surface area contributed by atoms with Crippen molar-refractivity contribution in [1.29, 1.82) is 0 Å². The first-order valence-corrected chi connectivity index (χ1v) is 17.7. The van der Waals surface area contributed by atoms with Gasteiger partial charge in [0.1, 0.15) is 24.1 Å². The average molecular weight is 697 g/mol. The number of aryl methyl sites for hydroxylation is 1. The quantitative estimate of drug-likeness (QED) is 0.127. The SMILES string of the molecule is CCCCNC(=O)[C@@H](CC)N(Cc1ccc(Cl)cc1Cl)C(=O)CN(c1ccc(Oc2ccccc2)cc1)S(=O)(=O)c1ccc(C)cc1. The minimum atomic E-state index is -4.23. The van der Waals surface area contributed by atoms with Crippen molar-refractivity contribution in [3.63, 3.8) is 0 Å². The van der Waals surface area contributed by atoms with Gasteiger partial charge in [-0.1, -0.05) is 85.4 Å². The molecule has 0 fully saturated rings. The molecule has 0 bridgehead atoms. The van der Waals surface area contributed by atoms with Crippen LogP contribution >= 0.6 is 23.2 Å². The maximum atomic E-state index is 14.3. The molecule has 0 aliphatic carbocycles. The van der Waals surface area contributed by atoms with Gasteiger partial charge in [0.05, 0.1) is 10.6 Å². The van der Waals surface area contributed by atoms with Crippen molar-refractivity contribution in [3.05, 3.63) is 118 Å². The molecule has 1 atom stereocenters. The van der Waals surface area contributed by atoms with Crippen molar-refractivity contribution in [1.82, 2.24) is 10.2 Å². The molecule has 0 saturated carbocycles. The van der Waals surface area contributed by atoms with Crippen LogP contribution in [-0.4, -0.2) is 44.3 Å². The molecular formula is C36H39Cl2N3O5S. The molecule has 0 saturated heterocycles. The van der Waals surface area contributed by atoms with E-state index in [-0.39, 0.29) is 23.0 Å². The number of halogens is 2. The van der Waals surface area contributed by atoms with Crippen molar-refractivity contribution in [2.45, 2.75) is 57.5 Å². The van der Waals surface area contributed by atoms with Gasteiger partial charge in [-0.05, 0) is 86.0 Å². The Labute approximate surface area is 287 Å². The van der Waals surface area contributed by atoms with Gasteiger partial charge in [-0.15, -0.1) is 0 Å². The third-order valence-electron chi connectivity index (χ3n) is 7.56. The largest absolute Gasteiger partial charge is 0.457 e. The summed E-state index contributed by atoms with van der Waals surface area (Å²) in [6, 6.07) is 26.1. The summed E-state index contributed by atoms with van der Waals surface area (Å²) >= 11 is 12.6. The zero-order valence-electron chi connectivity index (χ0n) is 26.7. The minimum Gasteiger partial charge on any atom is -0.457 e. The van der Waals surface area contributed by atoms with E-state index in [1.807, 2.05) is 44.2 Å². The molecule has 2 amide bonds. The average Bonchev–Trinajstić information content (AvgIpc) is 3.05. The van der Waals surface area contributed by atoms with E-state index >= 15 is 0 Å². The van der Waals surface area contributed by atoms with Crippen LogP contribution in [0.3, 0.4) is 0 Å². The van der Waals surface area contributed by atoms with Gasteiger partial charge in [-0.2, -0.15) is 0 Å². The first-order chi connectivity index (χ1) is 22.5. The maximum Gasteiger partial charge on any atom is 0.264 e. The lowest BCUT2D eigenvalue weighted by Gasteiger charge is -2.33. The number of para-hydroxylation sites is 1. The van der Waals surface area contributed by atoms with Crippen molar-refractivity contribution in [2.75, 3.05) is 17.4 Å². The Morgan fingerprint density at radius 1 is 0.872 bits per heavy atom. The fourth-order valence-electron chi connectivity index (χ4n) is 4.93. The van der Waals surface area contributed by atoms with E-state index in [4.69, 9.17) is 27.9 Å². The van der Waals surface area contributed by atoms with Crippen LogP contribution in [-0.2, 0) is 26.2 Å². The van der Waals surface area contributed by atoms with Gasteiger partial charge in [-0.3, -0.25) is 13.9 Å². The number of hydrogen-bond donors (Lipinski definition) is 1. The molecule has 0 aromatic heterocycles. The van der Waals surface area contributed by atoms with Gasteiger partial charge >= 0.3 is 0 Å². The molecule has 0 radical (unpaired) electrons. The lowest BCUT2D eigenvalue weighted by atomic mass is 10.1. The van der Waals surface area contributed by atoms with E-state index in [9.17, 15) is 18.0 Å². The third-order valence-corrected chi connectivity index (χ3v) is 9.94. The Hall–Kier alpha value is -4.05. The number of benzene rings is 4. The topological polar surface area (TPSA) is 96.0 Å². The second kappa shape index (κ2) is 16.7. The number of anilines is 1. The first-order valence-electron chi connectivity index (χ1n) is 15.5. The molecule has 8 nitrogen and oxygen atoms in total. The number of ether oxygens (including phenoxy) is 1. The Bertz CT molecular complexity index is 1750. The van der Waals surface area contributed by atoms with Gasteiger partial charge < -0.3 is 15.0 Å². The Morgan fingerprint density at radius 2 is 1.53 bits per heavy atom. The highest BCUT2D eigenvalue weighted by atomic mass is 35.5. The predicted molar refractivity (Wildman–Crippen MR) is 188 cm³/mol. The number of rotatable bonds is 15. The lowest BCUT2D eigenvalue weighted by Crippen LogP contribution is -2.52. The molecule has 0 unspecified atom stereocenters. The number of hydrogen-bond acceptors (Lipinski definition) is 5.